The number of aldehydes is 1. The van der Waals surface area contributed by atoms with Gasteiger partial charge in [-0.15, -0.1) is 34.4 Å². The summed E-state index contributed by atoms with van der Waals surface area (Å²) in [5.41, 5.74) is 1.45. The van der Waals surface area contributed by atoms with Gasteiger partial charge in [-0.25, -0.2) is 9.59 Å². The molecule has 0 atom stereocenters. The van der Waals surface area contributed by atoms with Crippen LogP contribution >= 0.6 is 34.4 Å². The van der Waals surface area contributed by atoms with E-state index in [2.05, 4.69) is 6.92 Å². The van der Waals surface area contributed by atoms with Crippen molar-refractivity contribution in [2.45, 2.75) is 37.8 Å². The minimum absolute atomic E-state index is 0.270. The van der Waals surface area contributed by atoms with Crippen molar-refractivity contribution in [1.82, 2.24) is 0 Å². The van der Waals surface area contributed by atoms with E-state index in [4.69, 9.17) is 9.47 Å². The first-order chi connectivity index (χ1) is 13.0. The highest BCUT2D eigenvalue weighted by molar-refractivity contribution is 8.01. The van der Waals surface area contributed by atoms with Crippen molar-refractivity contribution >= 4 is 52.7 Å². The molecule has 0 radical (unpaired) electrons. The zero-order valence-corrected chi connectivity index (χ0v) is 18.0. The number of carbonyl (C=O) groups excluding carboxylic acids is 3. The lowest BCUT2D eigenvalue weighted by molar-refractivity contribution is 0.0522. The summed E-state index contributed by atoms with van der Waals surface area (Å²) in [6, 6.07) is 3.42. The van der Waals surface area contributed by atoms with E-state index in [1.54, 1.807) is 37.7 Å². The third-order valence-electron chi connectivity index (χ3n) is 3.54. The van der Waals surface area contributed by atoms with E-state index in [0.717, 1.165) is 46.0 Å². The molecule has 0 unspecified atom stereocenters. The zero-order chi connectivity index (χ0) is 19.8. The molecule has 0 bridgehead atoms. The van der Waals surface area contributed by atoms with Crippen molar-refractivity contribution in [3.05, 3.63) is 26.8 Å². The summed E-state index contributed by atoms with van der Waals surface area (Å²) >= 11 is 4.12. The van der Waals surface area contributed by atoms with Crippen LogP contribution < -0.4 is 0 Å². The second-order valence-electron chi connectivity index (χ2n) is 5.46. The van der Waals surface area contributed by atoms with Crippen LogP contribution in [0.1, 0.15) is 62.6 Å². The average molecular weight is 427 g/mol. The number of rotatable bonds is 10. The van der Waals surface area contributed by atoms with Gasteiger partial charge in [0, 0.05) is 11.1 Å². The minimum atomic E-state index is -0.446. The number of thioether (sulfide) groups is 1. The topological polar surface area (TPSA) is 69.7 Å². The fourth-order valence-electron chi connectivity index (χ4n) is 2.29. The number of carbonyl (C=O) groups is 3. The summed E-state index contributed by atoms with van der Waals surface area (Å²) in [6.45, 7) is 6.19. The van der Waals surface area contributed by atoms with Gasteiger partial charge in [-0.1, -0.05) is 13.3 Å². The molecular formula is C19H22O5S3. The minimum Gasteiger partial charge on any atom is -0.462 e. The maximum absolute atomic E-state index is 12.2. The normalized spacial score (nSPS) is 10.6. The van der Waals surface area contributed by atoms with Gasteiger partial charge in [-0.2, -0.15) is 0 Å². The maximum atomic E-state index is 12.2. The number of hydrogen-bond acceptors (Lipinski definition) is 8. The Balaban J connectivity index is 2.46. The summed E-state index contributed by atoms with van der Waals surface area (Å²) in [5, 5.41) is 0. The maximum Gasteiger partial charge on any atom is 0.348 e. The molecule has 0 aliphatic carbocycles. The summed E-state index contributed by atoms with van der Waals surface area (Å²) in [7, 11) is 0. The van der Waals surface area contributed by atoms with Crippen LogP contribution in [0.15, 0.2) is 16.3 Å². The summed E-state index contributed by atoms with van der Waals surface area (Å²) in [6.07, 6.45) is 2.86. The Morgan fingerprint density at radius 3 is 2.15 bits per heavy atom. The Morgan fingerprint density at radius 2 is 1.59 bits per heavy atom. The first-order valence-electron chi connectivity index (χ1n) is 8.75. The molecule has 0 saturated carbocycles. The predicted molar refractivity (Wildman–Crippen MR) is 111 cm³/mol. The first kappa shape index (κ1) is 21.7. The molecular weight excluding hydrogens is 404 g/mol. The molecule has 8 heteroatoms. The molecule has 2 heterocycles. The molecule has 0 saturated heterocycles. The molecule has 5 nitrogen and oxygen atoms in total. The summed E-state index contributed by atoms with van der Waals surface area (Å²) in [4.78, 5) is 37.1. The van der Waals surface area contributed by atoms with E-state index in [0.29, 0.717) is 26.8 Å². The molecule has 2 aromatic heterocycles. The Kier molecular flexibility index (Phi) is 8.53. The van der Waals surface area contributed by atoms with Crippen LogP contribution in [0.4, 0.5) is 0 Å². The quantitative estimate of drug-likeness (QED) is 0.215. The Hall–Kier alpha value is -1.64. The lowest BCUT2D eigenvalue weighted by atomic mass is 10.1. The van der Waals surface area contributed by atoms with Gasteiger partial charge in [0.15, 0.2) is 6.29 Å². The van der Waals surface area contributed by atoms with Gasteiger partial charge in [0.2, 0.25) is 0 Å². The van der Waals surface area contributed by atoms with Gasteiger partial charge >= 0.3 is 11.9 Å². The van der Waals surface area contributed by atoms with Gasteiger partial charge in [0.25, 0.3) is 0 Å². The predicted octanol–water partition coefficient (Wildman–Crippen LogP) is 5.53. The molecule has 146 valence electrons. The van der Waals surface area contributed by atoms with Crippen LogP contribution in [0.2, 0.25) is 0 Å². The number of esters is 2. The number of thiophene rings is 2. The van der Waals surface area contributed by atoms with E-state index in [1.165, 1.54) is 11.3 Å². The number of unbranched alkanes of at least 4 members (excludes halogenated alkanes) is 1. The second kappa shape index (κ2) is 10.6. The van der Waals surface area contributed by atoms with Gasteiger partial charge in [-0.05, 0) is 38.2 Å². The Morgan fingerprint density at radius 1 is 1.00 bits per heavy atom. The van der Waals surface area contributed by atoms with Crippen molar-refractivity contribution in [3.8, 4) is 11.1 Å². The smallest absolute Gasteiger partial charge is 0.348 e. The molecule has 0 amide bonds. The monoisotopic (exact) mass is 426 g/mol. The molecule has 0 aliphatic heterocycles. The third-order valence-corrected chi connectivity index (χ3v) is 7.07. The van der Waals surface area contributed by atoms with Crippen molar-refractivity contribution in [2.24, 2.45) is 0 Å². The molecule has 0 aromatic carbocycles. The van der Waals surface area contributed by atoms with Gasteiger partial charge < -0.3 is 9.47 Å². The Labute approximate surface area is 171 Å². The van der Waals surface area contributed by atoms with Gasteiger partial charge in [0.1, 0.15) is 9.75 Å². The van der Waals surface area contributed by atoms with Crippen LogP contribution in [0.25, 0.3) is 11.1 Å². The average Bonchev–Trinajstić information content (AvgIpc) is 3.26. The number of hydrogen-bond donors (Lipinski definition) is 0. The molecule has 0 fully saturated rings. The van der Waals surface area contributed by atoms with E-state index in [9.17, 15) is 14.4 Å². The van der Waals surface area contributed by atoms with E-state index < -0.39 is 5.97 Å². The van der Waals surface area contributed by atoms with E-state index >= 15 is 0 Å². The largest absolute Gasteiger partial charge is 0.462 e. The number of ether oxygens (including phenoxy) is 2. The summed E-state index contributed by atoms with van der Waals surface area (Å²) < 4.78 is 11.1. The molecule has 27 heavy (non-hydrogen) atoms. The SMILES string of the molecule is CCCCSc1sc(C(=O)OCC)cc1-c1cc(C(=O)OCC)sc1C=O. The highest BCUT2D eigenvalue weighted by Crippen LogP contribution is 2.42. The van der Waals surface area contributed by atoms with E-state index in [-0.39, 0.29) is 12.6 Å². The highest BCUT2D eigenvalue weighted by Gasteiger charge is 2.22. The fraction of sp³-hybridized carbons (Fsp3) is 0.421. The molecule has 0 spiro atoms. The zero-order valence-electron chi connectivity index (χ0n) is 15.5. The highest BCUT2D eigenvalue weighted by atomic mass is 32.2. The van der Waals surface area contributed by atoms with Crippen molar-refractivity contribution in [1.29, 1.82) is 0 Å². The van der Waals surface area contributed by atoms with Crippen LogP contribution in [0.5, 0.6) is 0 Å². The fourth-order valence-corrected chi connectivity index (χ4v) is 5.67. The van der Waals surface area contributed by atoms with Crippen molar-refractivity contribution < 1.29 is 23.9 Å². The van der Waals surface area contributed by atoms with Crippen molar-refractivity contribution in [3.63, 3.8) is 0 Å². The van der Waals surface area contributed by atoms with E-state index in [1.807, 2.05) is 0 Å². The molecule has 2 rings (SSSR count). The van der Waals surface area contributed by atoms with Gasteiger partial charge in [0.05, 0.1) is 22.3 Å². The summed E-state index contributed by atoms with van der Waals surface area (Å²) in [5.74, 6) is 0.0925. The van der Waals surface area contributed by atoms with Gasteiger partial charge in [-0.3, -0.25) is 4.79 Å². The first-order valence-corrected chi connectivity index (χ1v) is 11.4. The van der Waals surface area contributed by atoms with Crippen LogP contribution in [0.3, 0.4) is 0 Å². The second-order valence-corrected chi connectivity index (χ2v) is 8.96. The Bertz CT molecular complexity index is 806. The standard InChI is InChI=1S/C19H22O5S3/c1-4-7-8-25-19-13(10-15(27-19)18(22)24-6-3)12-9-14(17(21)23-5-2)26-16(12)11-20/h9-11H,4-8H2,1-3H3. The molecule has 0 aliphatic rings. The molecule has 0 N–H and O–H groups in total. The third kappa shape index (κ3) is 5.43. The van der Waals surface area contributed by atoms with Crippen LogP contribution in [0, 0.1) is 0 Å². The lowest BCUT2D eigenvalue weighted by Crippen LogP contribution is -2.01. The van der Waals surface area contributed by atoms with Crippen LogP contribution in [-0.2, 0) is 9.47 Å². The van der Waals surface area contributed by atoms with Crippen molar-refractivity contribution in [2.75, 3.05) is 19.0 Å². The lowest BCUT2D eigenvalue weighted by Gasteiger charge is -2.02. The van der Waals surface area contributed by atoms with Crippen LogP contribution in [-0.4, -0.2) is 37.2 Å². The molecule has 2 aromatic rings.